The summed E-state index contributed by atoms with van der Waals surface area (Å²) in [5.74, 6) is 0.936. The number of fused-ring (bicyclic) bond motifs is 2. The fourth-order valence-electron chi connectivity index (χ4n) is 4.84. The van der Waals surface area contributed by atoms with Crippen LogP contribution in [0.5, 0.6) is 0 Å². The number of halogens is 1. The molecule has 2 saturated carbocycles. The van der Waals surface area contributed by atoms with E-state index < -0.39 is 15.8 Å². The van der Waals surface area contributed by atoms with Crippen molar-refractivity contribution in [2.24, 2.45) is 17.8 Å². The molecule has 1 heterocycles. The van der Waals surface area contributed by atoms with E-state index in [1.165, 1.54) is 35.7 Å². The molecule has 2 aliphatic carbocycles. The van der Waals surface area contributed by atoms with Crippen LogP contribution in [0.15, 0.2) is 29.2 Å². The molecule has 1 aromatic carbocycles. The molecule has 7 heteroatoms. The summed E-state index contributed by atoms with van der Waals surface area (Å²) in [5.41, 5.74) is 0. The van der Waals surface area contributed by atoms with Crippen molar-refractivity contribution in [2.75, 3.05) is 13.1 Å². The van der Waals surface area contributed by atoms with E-state index >= 15 is 0 Å². The van der Waals surface area contributed by atoms with Crippen molar-refractivity contribution in [3.63, 3.8) is 0 Å². The lowest BCUT2D eigenvalue weighted by molar-refractivity contribution is -0.127. The molecule has 0 aromatic heterocycles. The molecule has 1 N–H and O–H groups in total. The highest BCUT2D eigenvalue weighted by molar-refractivity contribution is 7.89. The summed E-state index contributed by atoms with van der Waals surface area (Å²) in [7, 11) is -3.62. The molecule has 0 unspecified atom stereocenters. The predicted octanol–water partition coefficient (Wildman–Crippen LogP) is 2.53. The second kappa shape index (κ2) is 6.93. The van der Waals surface area contributed by atoms with Gasteiger partial charge >= 0.3 is 0 Å². The van der Waals surface area contributed by atoms with E-state index in [0.717, 1.165) is 24.5 Å². The first-order valence-electron chi connectivity index (χ1n) is 9.49. The van der Waals surface area contributed by atoms with Gasteiger partial charge in [-0.2, -0.15) is 4.31 Å². The van der Waals surface area contributed by atoms with Crippen LogP contribution < -0.4 is 5.32 Å². The average molecular weight is 380 g/mol. The normalized spacial score (nSPS) is 29.8. The number of sulfonamides is 1. The predicted molar refractivity (Wildman–Crippen MR) is 95.3 cm³/mol. The van der Waals surface area contributed by atoms with Gasteiger partial charge in [-0.3, -0.25) is 4.79 Å². The van der Waals surface area contributed by atoms with Crippen LogP contribution in [0.2, 0.25) is 0 Å². The van der Waals surface area contributed by atoms with Crippen molar-refractivity contribution < 1.29 is 17.6 Å². The van der Waals surface area contributed by atoms with E-state index in [0.29, 0.717) is 37.9 Å². The van der Waals surface area contributed by atoms with E-state index in [2.05, 4.69) is 5.32 Å². The van der Waals surface area contributed by atoms with Gasteiger partial charge in [0.1, 0.15) is 5.82 Å². The Morgan fingerprint density at radius 3 is 2.31 bits per heavy atom. The molecule has 1 aliphatic heterocycles. The topological polar surface area (TPSA) is 66.5 Å². The van der Waals surface area contributed by atoms with Crippen molar-refractivity contribution in [3.05, 3.63) is 30.1 Å². The highest BCUT2D eigenvalue weighted by Gasteiger charge is 2.41. The quantitative estimate of drug-likeness (QED) is 0.873. The van der Waals surface area contributed by atoms with E-state index in [-0.39, 0.29) is 16.7 Å². The molecule has 1 amide bonds. The Bertz CT molecular complexity index is 772. The van der Waals surface area contributed by atoms with Gasteiger partial charge in [0, 0.05) is 25.0 Å². The van der Waals surface area contributed by atoms with Gasteiger partial charge in [0.2, 0.25) is 15.9 Å². The Labute approximate surface area is 154 Å². The van der Waals surface area contributed by atoms with E-state index in [1.54, 1.807) is 0 Å². The molecule has 26 heavy (non-hydrogen) atoms. The Balaban J connectivity index is 1.33. The van der Waals surface area contributed by atoms with E-state index in [1.807, 2.05) is 0 Å². The van der Waals surface area contributed by atoms with Crippen LogP contribution in [0.25, 0.3) is 0 Å². The van der Waals surface area contributed by atoms with Crippen LogP contribution in [0.3, 0.4) is 0 Å². The van der Waals surface area contributed by atoms with Crippen molar-refractivity contribution in [3.8, 4) is 0 Å². The first-order valence-corrected chi connectivity index (χ1v) is 10.9. The fourth-order valence-corrected chi connectivity index (χ4v) is 6.31. The zero-order chi connectivity index (χ0) is 18.3. The number of benzene rings is 1. The molecule has 142 valence electrons. The largest absolute Gasteiger partial charge is 0.353 e. The average Bonchev–Trinajstić information content (AvgIpc) is 3.25. The number of rotatable bonds is 4. The lowest BCUT2D eigenvalue weighted by Crippen LogP contribution is -2.46. The third kappa shape index (κ3) is 3.39. The Hall–Kier alpha value is -1.47. The summed E-state index contributed by atoms with van der Waals surface area (Å²) < 4.78 is 39.7. The molecule has 0 spiro atoms. The number of amides is 1. The first-order chi connectivity index (χ1) is 12.4. The number of nitrogens with zero attached hydrogens (tertiary/aromatic N) is 1. The van der Waals surface area contributed by atoms with Crippen molar-refractivity contribution in [2.45, 2.75) is 49.5 Å². The maximum atomic E-state index is 13.0. The zero-order valence-corrected chi connectivity index (χ0v) is 15.6. The summed E-state index contributed by atoms with van der Waals surface area (Å²) in [4.78, 5) is 12.7. The monoisotopic (exact) mass is 380 g/mol. The van der Waals surface area contributed by atoms with Gasteiger partial charge in [-0.15, -0.1) is 0 Å². The summed E-state index contributed by atoms with van der Waals surface area (Å²) in [6.07, 6.45) is 5.95. The second-order valence-corrected chi connectivity index (χ2v) is 9.86. The lowest BCUT2D eigenvalue weighted by Gasteiger charge is -2.32. The van der Waals surface area contributed by atoms with Crippen molar-refractivity contribution in [1.82, 2.24) is 9.62 Å². The van der Waals surface area contributed by atoms with Gasteiger partial charge in [0.15, 0.2) is 0 Å². The molecule has 3 atom stereocenters. The summed E-state index contributed by atoms with van der Waals surface area (Å²) in [6, 6.07) is 5.21. The maximum absolute atomic E-state index is 13.0. The molecule has 3 aliphatic rings. The van der Waals surface area contributed by atoms with Gasteiger partial charge in [0.25, 0.3) is 0 Å². The van der Waals surface area contributed by atoms with Crippen molar-refractivity contribution >= 4 is 15.9 Å². The maximum Gasteiger partial charge on any atom is 0.243 e. The third-order valence-corrected chi connectivity index (χ3v) is 8.25. The molecule has 1 aromatic rings. The number of hydrogen-bond acceptors (Lipinski definition) is 3. The number of piperidine rings is 1. The SMILES string of the molecule is O=C(N[C@@H]1C[C@H]2CC[C@@H]1C2)C1CCN(S(=O)(=O)c2ccc(F)cc2)CC1. The Morgan fingerprint density at radius 1 is 1.04 bits per heavy atom. The molecule has 2 bridgehead atoms. The highest BCUT2D eigenvalue weighted by atomic mass is 32.2. The van der Waals surface area contributed by atoms with Gasteiger partial charge in [-0.25, -0.2) is 12.8 Å². The third-order valence-electron chi connectivity index (χ3n) is 6.34. The van der Waals surface area contributed by atoms with Gasteiger partial charge in [-0.1, -0.05) is 6.42 Å². The molecule has 0 radical (unpaired) electrons. The van der Waals surface area contributed by atoms with E-state index in [9.17, 15) is 17.6 Å². The molecule has 5 nitrogen and oxygen atoms in total. The lowest BCUT2D eigenvalue weighted by atomic mass is 9.93. The van der Waals surface area contributed by atoms with Crippen LogP contribution in [0.1, 0.15) is 38.5 Å². The standard InChI is InChI=1S/C19H25FN2O3S/c20-16-3-5-17(6-4-16)26(24,25)22-9-7-14(8-10-22)19(23)21-18-12-13-1-2-15(18)11-13/h3-6,13-15,18H,1-2,7-12H2,(H,21,23)/t13-,15+,18+/m0/s1. The summed E-state index contributed by atoms with van der Waals surface area (Å²) in [5, 5.41) is 3.22. The van der Waals surface area contributed by atoms with Gasteiger partial charge in [0.05, 0.1) is 4.90 Å². The fraction of sp³-hybridized carbons (Fsp3) is 0.632. The molecule has 1 saturated heterocycles. The Morgan fingerprint density at radius 2 is 1.73 bits per heavy atom. The number of nitrogens with one attached hydrogen (secondary N) is 1. The van der Waals surface area contributed by atoms with Crippen LogP contribution >= 0.6 is 0 Å². The molecule has 4 rings (SSSR count). The minimum absolute atomic E-state index is 0.0846. The molecular formula is C19H25FN2O3S. The van der Waals surface area contributed by atoms with Crippen LogP contribution in [-0.4, -0.2) is 37.8 Å². The second-order valence-electron chi connectivity index (χ2n) is 7.92. The van der Waals surface area contributed by atoms with Gasteiger partial charge < -0.3 is 5.32 Å². The number of carbonyl (C=O) groups excluding carboxylic acids is 1. The van der Waals surface area contributed by atoms with Gasteiger partial charge in [-0.05, 0) is 68.2 Å². The highest BCUT2D eigenvalue weighted by Crippen LogP contribution is 2.44. The van der Waals surface area contributed by atoms with E-state index in [4.69, 9.17) is 0 Å². The van der Waals surface area contributed by atoms with Crippen LogP contribution in [-0.2, 0) is 14.8 Å². The first kappa shape index (κ1) is 17.9. The minimum atomic E-state index is -3.62. The van der Waals surface area contributed by atoms with Crippen LogP contribution in [0, 0.1) is 23.6 Å². The number of carbonyl (C=O) groups is 1. The Kier molecular flexibility index (Phi) is 4.77. The minimum Gasteiger partial charge on any atom is -0.353 e. The van der Waals surface area contributed by atoms with Crippen molar-refractivity contribution in [1.29, 1.82) is 0 Å². The summed E-state index contributed by atoms with van der Waals surface area (Å²) in [6.45, 7) is 0.656. The molecule has 3 fully saturated rings. The molecular weight excluding hydrogens is 355 g/mol. The zero-order valence-electron chi connectivity index (χ0n) is 14.7. The van der Waals surface area contributed by atoms with Crippen LogP contribution in [0.4, 0.5) is 4.39 Å². The smallest absolute Gasteiger partial charge is 0.243 e. The summed E-state index contributed by atoms with van der Waals surface area (Å²) >= 11 is 0. The number of hydrogen-bond donors (Lipinski definition) is 1.